The van der Waals surface area contributed by atoms with Gasteiger partial charge in [-0.25, -0.2) is 12.8 Å². The van der Waals surface area contributed by atoms with E-state index in [1.54, 1.807) is 13.0 Å². The van der Waals surface area contributed by atoms with E-state index in [9.17, 15) is 17.6 Å². The van der Waals surface area contributed by atoms with Crippen LogP contribution < -0.4 is 9.62 Å². The summed E-state index contributed by atoms with van der Waals surface area (Å²) in [5, 5.41) is 3.25. The monoisotopic (exact) mass is 418 g/mol. The summed E-state index contributed by atoms with van der Waals surface area (Å²) in [7, 11) is -3.80. The summed E-state index contributed by atoms with van der Waals surface area (Å²) in [5.41, 5.74) is 0.505. The van der Waals surface area contributed by atoms with Crippen molar-refractivity contribution in [3.8, 4) is 0 Å². The molecule has 0 radical (unpaired) electrons. The first-order valence-electron chi connectivity index (χ1n) is 7.64. The van der Waals surface area contributed by atoms with E-state index in [1.165, 1.54) is 24.3 Å². The fourth-order valence-corrected chi connectivity index (χ4v) is 4.12. The van der Waals surface area contributed by atoms with Gasteiger partial charge >= 0.3 is 0 Å². The van der Waals surface area contributed by atoms with Crippen LogP contribution in [-0.4, -0.2) is 26.6 Å². The second-order valence-corrected chi connectivity index (χ2v) is 8.28. The minimum absolute atomic E-state index is 0.193. The maximum absolute atomic E-state index is 13.2. The van der Waals surface area contributed by atoms with E-state index in [0.29, 0.717) is 10.7 Å². The van der Waals surface area contributed by atoms with Gasteiger partial charge in [-0.05, 0) is 48.9 Å². The van der Waals surface area contributed by atoms with Crippen LogP contribution in [0, 0.1) is 5.82 Å². The van der Waals surface area contributed by atoms with Gasteiger partial charge in [0, 0.05) is 5.02 Å². The number of nitrogens with zero attached hydrogens (tertiary/aromatic N) is 1. The molecule has 0 heterocycles. The number of carbonyl (C=O) groups is 1. The second-order valence-electron chi connectivity index (χ2n) is 5.57. The summed E-state index contributed by atoms with van der Waals surface area (Å²) < 4.78 is 38.7. The molecular formula is C17H17Cl2FN2O3S. The molecule has 5 nitrogen and oxygen atoms in total. The smallest absolute Gasteiger partial charge is 0.248 e. The molecule has 0 unspecified atom stereocenters. The van der Waals surface area contributed by atoms with Crippen LogP contribution in [0.15, 0.2) is 42.5 Å². The minimum atomic E-state index is -3.80. The number of carbonyl (C=O) groups excluding carboxylic acids is 1. The van der Waals surface area contributed by atoms with Crippen LogP contribution in [0.2, 0.25) is 10.0 Å². The normalized spacial score (nSPS) is 12.5. The fourth-order valence-electron chi connectivity index (χ4n) is 2.46. The van der Waals surface area contributed by atoms with Gasteiger partial charge in [0.2, 0.25) is 15.9 Å². The van der Waals surface area contributed by atoms with Crippen molar-refractivity contribution in [1.29, 1.82) is 0 Å². The zero-order valence-electron chi connectivity index (χ0n) is 14.0. The molecule has 1 N–H and O–H groups in total. The van der Waals surface area contributed by atoms with E-state index in [0.717, 1.165) is 22.7 Å². The molecule has 0 aliphatic carbocycles. The fraction of sp³-hybridized carbons (Fsp3) is 0.235. The Balaban J connectivity index is 2.38. The van der Waals surface area contributed by atoms with E-state index in [2.05, 4.69) is 5.32 Å². The van der Waals surface area contributed by atoms with Crippen LogP contribution in [0.25, 0.3) is 0 Å². The molecule has 2 rings (SSSR count). The summed E-state index contributed by atoms with van der Waals surface area (Å²) in [6.45, 7) is 1.68. The van der Waals surface area contributed by atoms with E-state index in [-0.39, 0.29) is 17.1 Å². The molecule has 0 spiro atoms. The highest BCUT2D eigenvalue weighted by Crippen LogP contribution is 2.27. The van der Waals surface area contributed by atoms with Crippen molar-refractivity contribution >= 4 is 50.5 Å². The molecule has 2 aromatic rings. The Morgan fingerprint density at radius 1 is 1.19 bits per heavy atom. The third-order valence-corrected chi connectivity index (χ3v) is 5.33. The molecule has 9 heteroatoms. The maximum atomic E-state index is 13.2. The molecule has 1 amide bonds. The standard InChI is InChI=1S/C17H17Cl2FN2O3S/c1-3-16(17(23)21-15-9-4-11(18)10-14(15)19)22(26(2,24)25)13-7-5-12(20)6-8-13/h4-10,16H,3H2,1-2H3,(H,21,23)/t16-/m1/s1. The van der Waals surface area contributed by atoms with Gasteiger partial charge in [-0.2, -0.15) is 0 Å². The number of sulfonamides is 1. The average Bonchev–Trinajstić information content (AvgIpc) is 2.55. The average molecular weight is 419 g/mol. The number of nitrogens with one attached hydrogen (secondary N) is 1. The number of halogens is 3. The van der Waals surface area contributed by atoms with Crippen molar-refractivity contribution in [2.75, 3.05) is 15.9 Å². The van der Waals surface area contributed by atoms with Crippen molar-refractivity contribution in [3.63, 3.8) is 0 Å². The highest BCUT2D eigenvalue weighted by atomic mass is 35.5. The van der Waals surface area contributed by atoms with Gasteiger partial charge in [-0.3, -0.25) is 9.10 Å². The Hall–Kier alpha value is -1.83. The molecule has 2 aromatic carbocycles. The lowest BCUT2D eigenvalue weighted by Crippen LogP contribution is -2.47. The molecular weight excluding hydrogens is 402 g/mol. The highest BCUT2D eigenvalue weighted by molar-refractivity contribution is 7.92. The van der Waals surface area contributed by atoms with Crippen molar-refractivity contribution in [3.05, 3.63) is 58.3 Å². The number of anilines is 2. The third kappa shape index (κ3) is 4.87. The van der Waals surface area contributed by atoms with Crippen LogP contribution in [0.1, 0.15) is 13.3 Å². The Morgan fingerprint density at radius 3 is 2.31 bits per heavy atom. The Labute approximate surface area is 161 Å². The lowest BCUT2D eigenvalue weighted by molar-refractivity contribution is -0.117. The van der Waals surface area contributed by atoms with Gasteiger partial charge < -0.3 is 5.32 Å². The van der Waals surface area contributed by atoms with E-state index in [1.807, 2.05) is 0 Å². The molecule has 0 saturated heterocycles. The van der Waals surface area contributed by atoms with Crippen molar-refractivity contribution in [2.45, 2.75) is 19.4 Å². The van der Waals surface area contributed by atoms with Crippen molar-refractivity contribution in [1.82, 2.24) is 0 Å². The molecule has 140 valence electrons. The van der Waals surface area contributed by atoms with Crippen molar-refractivity contribution in [2.24, 2.45) is 0 Å². The first-order valence-corrected chi connectivity index (χ1v) is 10.2. The Morgan fingerprint density at radius 2 is 1.81 bits per heavy atom. The number of hydrogen-bond acceptors (Lipinski definition) is 3. The first kappa shape index (κ1) is 20.5. The summed E-state index contributed by atoms with van der Waals surface area (Å²) >= 11 is 11.9. The third-order valence-electron chi connectivity index (χ3n) is 3.60. The molecule has 0 bridgehead atoms. The molecule has 0 aromatic heterocycles. The summed E-state index contributed by atoms with van der Waals surface area (Å²) in [6.07, 6.45) is 1.18. The molecule has 0 saturated carbocycles. The van der Waals surface area contributed by atoms with Crippen LogP contribution >= 0.6 is 23.2 Å². The van der Waals surface area contributed by atoms with Crippen LogP contribution in [0.5, 0.6) is 0 Å². The predicted molar refractivity (Wildman–Crippen MR) is 103 cm³/mol. The van der Waals surface area contributed by atoms with Crippen LogP contribution in [0.4, 0.5) is 15.8 Å². The lowest BCUT2D eigenvalue weighted by atomic mass is 10.1. The molecule has 0 fully saturated rings. The maximum Gasteiger partial charge on any atom is 0.248 e. The predicted octanol–water partition coefficient (Wildman–Crippen LogP) is 4.32. The lowest BCUT2D eigenvalue weighted by Gasteiger charge is -2.30. The Kier molecular flexibility index (Phi) is 6.49. The summed E-state index contributed by atoms with van der Waals surface area (Å²) in [5.74, 6) is -1.07. The largest absolute Gasteiger partial charge is 0.323 e. The van der Waals surface area contributed by atoms with Gasteiger partial charge in [0.25, 0.3) is 0 Å². The quantitative estimate of drug-likeness (QED) is 0.759. The molecule has 0 aliphatic heterocycles. The Bertz CT molecular complexity index is 905. The van der Waals surface area contributed by atoms with Crippen LogP contribution in [-0.2, 0) is 14.8 Å². The SMILES string of the molecule is CC[C@H](C(=O)Nc1ccc(Cl)cc1Cl)N(c1ccc(F)cc1)S(C)(=O)=O. The van der Waals surface area contributed by atoms with Gasteiger partial charge in [-0.15, -0.1) is 0 Å². The van der Waals surface area contributed by atoms with Gasteiger partial charge in [0.1, 0.15) is 11.9 Å². The van der Waals surface area contributed by atoms with Gasteiger partial charge in [0.15, 0.2) is 0 Å². The molecule has 0 aliphatic rings. The summed E-state index contributed by atoms with van der Waals surface area (Å²) in [4.78, 5) is 12.7. The van der Waals surface area contributed by atoms with Gasteiger partial charge in [0.05, 0.1) is 22.7 Å². The number of amides is 1. The number of hydrogen-bond donors (Lipinski definition) is 1. The van der Waals surface area contributed by atoms with Gasteiger partial charge in [-0.1, -0.05) is 30.1 Å². The summed E-state index contributed by atoms with van der Waals surface area (Å²) in [6, 6.07) is 8.39. The zero-order valence-corrected chi connectivity index (χ0v) is 16.4. The zero-order chi connectivity index (χ0) is 19.5. The first-order chi connectivity index (χ1) is 12.1. The number of rotatable bonds is 6. The molecule has 1 atom stereocenters. The minimum Gasteiger partial charge on any atom is -0.323 e. The van der Waals surface area contributed by atoms with E-state index >= 15 is 0 Å². The number of benzene rings is 2. The topological polar surface area (TPSA) is 66.5 Å². The van der Waals surface area contributed by atoms with E-state index < -0.39 is 27.8 Å². The second kappa shape index (κ2) is 8.24. The van der Waals surface area contributed by atoms with Crippen LogP contribution in [0.3, 0.4) is 0 Å². The van der Waals surface area contributed by atoms with Crippen molar-refractivity contribution < 1.29 is 17.6 Å². The highest BCUT2D eigenvalue weighted by Gasteiger charge is 2.31. The molecule has 26 heavy (non-hydrogen) atoms. The van der Waals surface area contributed by atoms with E-state index in [4.69, 9.17) is 23.2 Å².